The number of nitrogens with one attached hydrogen (secondary N) is 1. The summed E-state index contributed by atoms with van der Waals surface area (Å²) in [7, 11) is 0. The third-order valence-corrected chi connectivity index (χ3v) is 2.54. The third-order valence-electron chi connectivity index (χ3n) is 1.63. The Morgan fingerprint density at radius 1 is 1.64 bits per heavy atom. The molecule has 0 fully saturated rings. The normalized spacial score (nSPS) is 12.1. The zero-order valence-corrected chi connectivity index (χ0v) is 8.64. The molecule has 76 valence electrons. The van der Waals surface area contributed by atoms with Crippen LogP contribution in [0.4, 0.5) is 0 Å². The van der Waals surface area contributed by atoms with Gasteiger partial charge in [-0.1, -0.05) is 6.07 Å². The molecule has 14 heavy (non-hydrogen) atoms. The molecule has 1 aromatic heterocycles. The molecule has 0 aliphatic heterocycles. The number of Topliss-reactive ketones (excluding diaryl/α,β-unsaturated/α-hetero) is 1. The predicted molar refractivity (Wildman–Crippen MR) is 55.3 cm³/mol. The van der Waals surface area contributed by atoms with Crippen LogP contribution in [0.2, 0.25) is 0 Å². The number of amides is 1. The Morgan fingerprint density at radius 2 is 2.36 bits per heavy atom. The SMILES string of the molecule is C[C@H](N)C(=O)NCC(=O)c1cccs1. The van der Waals surface area contributed by atoms with Crippen molar-refractivity contribution in [3.8, 4) is 0 Å². The highest BCUT2D eigenvalue weighted by atomic mass is 32.1. The van der Waals surface area contributed by atoms with Crippen LogP contribution in [0.25, 0.3) is 0 Å². The topological polar surface area (TPSA) is 72.2 Å². The van der Waals surface area contributed by atoms with Gasteiger partial charge in [0.1, 0.15) is 0 Å². The Kier molecular flexibility index (Phi) is 3.79. The van der Waals surface area contributed by atoms with Crippen molar-refractivity contribution in [2.75, 3.05) is 6.54 Å². The van der Waals surface area contributed by atoms with Crippen LogP contribution < -0.4 is 11.1 Å². The molecular weight excluding hydrogens is 200 g/mol. The summed E-state index contributed by atoms with van der Waals surface area (Å²) in [6, 6.07) is 2.95. The van der Waals surface area contributed by atoms with Crippen LogP contribution in [0, 0.1) is 0 Å². The molecule has 3 N–H and O–H groups in total. The van der Waals surface area contributed by atoms with Gasteiger partial charge in [0.05, 0.1) is 17.5 Å². The summed E-state index contributed by atoms with van der Waals surface area (Å²) in [5, 5.41) is 4.28. The lowest BCUT2D eigenvalue weighted by molar-refractivity contribution is -0.121. The first-order valence-electron chi connectivity index (χ1n) is 4.21. The number of ketones is 1. The van der Waals surface area contributed by atoms with Crippen LogP contribution in [-0.2, 0) is 4.79 Å². The lowest BCUT2D eigenvalue weighted by atomic mass is 10.3. The highest BCUT2D eigenvalue weighted by molar-refractivity contribution is 7.12. The zero-order chi connectivity index (χ0) is 10.6. The Balaban J connectivity index is 2.40. The zero-order valence-electron chi connectivity index (χ0n) is 7.82. The second-order valence-electron chi connectivity index (χ2n) is 2.91. The Bertz CT molecular complexity index is 320. The van der Waals surface area contributed by atoms with Crippen molar-refractivity contribution in [1.29, 1.82) is 0 Å². The van der Waals surface area contributed by atoms with Crippen molar-refractivity contribution in [2.24, 2.45) is 5.73 Å². The fraction of sp³-hybridized carbons (Fsp3) is 0.333. The smallest absolute Gasteiger partial charge is 0.237 e. The number of nitrogens with two attached hydrogens (primary N) is 1. The maximum Gasteiger partial charge on any atom is 0.237 e. The van der Waals surface area contributed by atoms with E-state index in [-0.39, 0.29) is 18.2 Å². The van der Waals surface area contributed by atoms with E-state index < -0.39 is 6.04 Å². The van der Waals surface area contributed by atoms with E-state index in [1.807, 2.05) is 5.38 Å². The summed E-state index contributed by atoms with van der Waals surface area (Å²) in [5.74, 6) is -0.399. The lowest BCUT2D eigenvalue weighted by Gasteiger charge is -2.05. The van der Waals surface area contributed by atoms with Crippen LogP contribution in [0.5, 0.6) is 0 Å². The van der Waals surface area contributed by atoms with Crippen molar-refractivity contribution in [3.63, 3.8) is 0 Å². The Hall–Kier alpha value is -1.20. The predicted octanol–water partition coefficient (Wildman–Crippen LogP) is 0.394. The highest BCUT2D eigenvalue weighted by Gasteiger charge is 2.10. The minimum Gasteiger partial charge on any atom is -0.347 e. The molecule has 0 aromatic carbocycles. The molecule has 0 saturated heterocycles. The van der Waals surface area contributed by atoms with E-state index in [1.165, 1.54) is 11.3 Å². The number of carbonyl (C=O) groups is 2. The van der Waals surface area contributed by atoms with Crippen LogP contribution in [0.1, 0.15) is 16.6 Å². The van der Waals surface area contributed by atoms with Gasteiger partial charge in [-0.2, -0.15) is 0 Å². The standard InChI is InChI=1S/C9H12N2O2S/c1-6(10)9(13)11-5-7(12)8-3-2-4-14-8/h2-4,6H,5,10H2,1H3,(H,11,13)/t6-/m0/s1. The first-order chi connectivity index (χ1) is 6.61. The molecule has 0 unspecified atom stereocenters. The van der Waals surface area contributed by atoms with E-state index in [0.29, 0.717) is 4.88 Å². The average molecular weight is 212 g/mol. The van der Waals surface area contributed by atoms with Gasteiger partial charge in [0.2, 0.25) is 5.91 Å². The lowest BCUT2D eigenvalue weighted by Crippen LogP contribution is -2.40. The van der Waals surface area contributed by atoms with Crippen molar-refractivity contribution in [2.45, 2.75) is 13.0 Å². The summed E-state index contributed by atoms with van der Waals surface area (Å²) >= 11 is 1.36. The first kappa shape index (κ1) is 10.9. The van der Waals surface area contributed by atoms with Gasteiger partial charge in [-0.25, -0.2) is 0 Å². The van der Waals surface area contributed by atoms with Crippen molar-refractivity contribution >= 4 is 23.0 Å². The molecule has 1 aromatic rings. The van der Waals surface area contributed by atoms with Crippen molar-refractivity contribution in [1.82, 2.24) is 5.32 Å². The molecule has 4 nitrogen and oxygen atoms in total. The molecule has 1 atom stereocenters. The number of thiophene rings is 1. The van der Waals surface area contributed by atoms with Crippen LogP contribution >= 0.6 is 11.3 Å². The molecule has 0 aliphatic carbocycles. The molecule has 1 rings (SSSR count). The number of hydrogen-bond acceptors (Lipinski definition) is 4. The Labute approximate surface area is 86.1 Å². The third kappa shape index (κ3) is 2.93. The van der Waals surface area contributed by atoms with Gasteiger partial charge in [0.25, 0.3) is 0 Å². The molecule has 0 saturated carbocycles. The minimum absolute atomic E-state index is 0.0148. The van der Waals surface area contributed by atoms with Gasteiger partial charge in [0.15, 0.2) is 5.78 Å². The van der Waals surface area contributed by atoms with Crippen molar-refractivity contribution < 1.29 is 9.59 Å². The molecule has 1 amide bonds. The summed E-state index contributed by atoms with van der Waals surface area (Å²) in [5.41, 5.74) is 5.32. The molecule has 0 aliphatic rings. The van der Waals surface area contributed by atoms with Gasteiger partial charge in [-0.05, 0) is 18.4 Å². The highest BCUT2D eigenvalue weighted by Crippen LogP contribution is 2.08. The summed E-state index contributed by atoms with van der Waals surface area (Å²) in [4.78, 5) is 23.1. The van der Waals surface area contributed by atoms with Crippen LogP contribution in [0.3, 0.4) is 0 Å². The molecule has 1 heterocycles. The fourth-order valence-electron chi connectivity index (χ4n) is 0.853. The minimum atomic E-state index is -0.578. The van der Waals surface area contributed by atoms with Gasteiger partial charge in [-0.3, -0.25) is 9.59 Å². The number of hydrogen-bond donors (Lipinski definition) is 2. The molecular formula is C9H12N2O2S. The number of carbonyl (C=O) groups excluding carboxylic acids is 2. The number of rotatable bonds is 4. The Morgan fingerprint density at radius 3 is 2.86 bits per heavy atom. The molecule has 0 bridgehead atoms. The fourth-order valence-corrected chi connectivity index (χ4v) is 1.52. The van der Waals surface area contributed by atoms with Gasteiger partial charge >= 0.3 is 0 Å². The van der Waals surface area contributed by atoms with Gasteiger partial charge < -0.3 is 11.1 Å². The van der Waals surface area contributed by atoms with E-state index in [9.17, 15) is 9.59 Å². The second-order valence-corrected chi connectivity index (χ2v) is 3.85. The first-order valence-corrected chi connectivity index (χ1v) is 5.09. The average Bonchev–Trinajstić information content (AvgIpc) is 2.66. The van der Waals surface area contributed by atoms with Crippen LogP contribution in [-0.4, -0.2) is 24.3 Å². The summed E-state index contributed by atoms with van der Waals surface area (Å²) < 4.78 is 0. The van der Waals surface area contributed by atoms with E-state index in [4.69, 9.17) is 5.73 Å². The molecule has 0 radical (unpaired) electrons. The van der Waals surface area contributed by atoms with E-state index >= 15 is 0 Å². The summed E-state index contributed by atoms with van der Waals surface area (Å²) in [6.45, 7) is 1.59. The van der Waals surface area contributed by atoms with Gasteiger partial charge in [-0.15, -0.1) is 11.3 Å². The van der Waals surface area contributed by atoms with E-state index in [1.54, 1.807) is 19.1 Å². The molecule has 5 heteroatoms. The quantitative estimate of drug-likeness (QED) is 0.709. The van der Waals surface area contributed by atoms with E-state index in [2.05, 4.69) is 5.32 Å². The monoisotopic (exact) mass is 212 g/mol. The van der Waals surface area contributed by atoms with Gasteiger partial charge in [0, 0.05) is 0 Å². The molecule has 0 spiro atoms. The van der Waals surface area contributed by atoms with Crippen LogP contribution in [0.15, 0.2) is 17.5 Å². The van der Waals surface area contributed by atoms with Crippen molar-refractivity contribution in [3.05, 3.63) is 22.4 Å². The maximum atomic E-state index is 11.4. The maximum absolute atomic E-state index is 11.4. The largest absolute Gasteiger partial charge is 0.347 e. The van der Waals surface area contributed by atoms with E-state index in [0.717, 1.165) is 0 Å². The second kappa shape index (κ2) is 4.88. The summed E-state index contributed by atoms with van der Waals surface area (Å²) in [6.07, 6.45) is 0.